The predicted molar refractivity (Wildman–Crippen MR) is 121 cm³/mol. The van der Waals surface area contributed by atoms with Crippen LogP contribution in [-0.2, 0) is 4.74 Å². The van der Waals surface area contributed by atoms with Crippen molar-refractivity contribution in [3.05, 3.63) is 30.3 Å². The van der Waals surface area contributed by atoms with Crippen molar-refractivity contribution in [3.63, 3.8) is 0 Å². The van der Waals surface area contributed by atoms with E-state index in [2.05, 4.69) is 17.1 Å². The molecule has 152 valence electrons. The fourth-order valence-electron chi connectivity index (χ4n) is 3.53. The number of rotatable bonds is 8. The second-order valence-electron chi connectivity index (χ2n) is 7.53. The number of halogens is 1. The van der Waals surface area contributed by atoms with Crippen molar-refractivity contribution in [2.45, 2.75) is 45.1 Å². The molecule has 1 aliphatic carbocycles. The third-order valence-electron chi connectivity index (χ3n) is 5.48. The lowest BCUT2D eigenvalue weighted by atomic mass is 10.0. The zero-order valence-corrected chi connectivity index (χ0v) is 19.0. The molecule has 1 aliphatic heterocycles. The number of methoxy groups -OCH3 is 1. The Morgan fingerprint density at radius 1 is 1.22 bits per heavy atom. The second-order valence-corrected chi connectivity index (χ2v) is 7.53. The van der Waals surface area contributed by atoms with Gasteiger partial charge in [0.05, 0.1) is 0 Å². The smallest absolute Gasteiger partial charge is 0.193 e. The number of piperidine rings is 1. The molecule has 0 bridgehead atoms. The largest absolute Gasteiger partial charge is 0.490 e. The Kier molecular flexibility index (Phi) is 9.15. The molecule has 6 heteroatoms. The summed E-state index contributed by atoms with van der Waals surface area (Å²) in [6.07, 6.45) is 6.06. The van der Waals surface area contributed by atoms with E-state index in [0.717, 1.165) is 63.8 Å². The lowest BCUT2D eigenvalue weighted by Gasteiger charge is -2.34. The number of likely N-dealkylation sites (tertiary alicyclic amines) is 1. The van der Waals surface area contributed by atoms with Crippen LogP contribution in [0.3, 0.4) is 0 Å². The molecule has 0 aromatic heterocycles. The molecule has 1 aromatic rings. The average Bonchev–Trinajstić information content (AvgIpc) is 3.45. The minimum Gasteiger partial charge on any atom is -0.490 e. The van der Waals surface area contributed by atoms with Crippen LogP contribution in [0.1, 0.15) is 39.0 Å². The minimum absolute atomic E-state index is 0. The summed E-state index contributed by atoms with van der Waals surface area (Å²) in [6, 6.07) is 10.1. The van der Waals surface area contributed by atoms with E-state index in [4.69, 9.17) is 14.5 Å². The zero-order chi connectivity index (χ0) is 18.2. The summed E-state index contributed by atoms with van der Waals surface area (Å²) in [6.45, 7) is 6.79. The standard InChI is InChI=1S/C21H33N3O2.HI/c1-3-22-20(23-17-21(11-12-21)13-16-25-2)24-14-9-19(10-15-24)26-18-7-5-4-6-8-18;/h4-8,19H,3,9-17H2,1-2H3,(H,22,23);1H. The minimum atomic E-state index is 0. The van der Waals surface area contributed by atoms with Crippen LogP contribution in [-0.4, -0.2) is 56.9 Å². The summed E-state index contributed by atoms with van der Waals surface area (Å²) >= 11 is 0. The Labute approximate surface area is 180 Å². The first-order valence-corrected chi connectivity index (χ1v) is 9.98. The Morgan fingerprint density at radius 2 is 1.93 bits per heavy atom. The van der Waals surface area contributed by atoms with E-state index in [1.54, 1.807) is 7.11 Å². The number of guanidine groups is 1. The van der Waals surface area contributed by atoms with Crippen LogP contribution in [0.25, 0.3) is 0 Å². The third-order valence-corrected chi connectivity index (χ3v) is 5.48. The number of para-hydroxylation sites is 1. The van der Waals surface area contributed by atoms with Crippen molar-refractivity contribution in [3.8, 4) is 5.75 Å². The number of hydrogen-bond donors (Lipinski definition) is 1. The van der Waals surface area contributed by atoms with Crippen LogP contribution in [0.2, 0.25) is 0 Å². The number of nitrogens with zero attached hydrogens (tertiary/aromatic N) is 2. The van der Waals surface area contributed by atoms with Gasteiger partial charge in [0, 0.05) is 52.7 Å². The van der Waals surface area contributed by atoms with Crippen molar-refractivity contribution in [2.75, 3.05) is 39.9 Å². The summed E-state index contributed by atoms with van der Waals surface area (Å²) in [5.41, 5.74) is 0.394. The molecule has 1 saturated carbocycles. The van der Waals surface area contributed by atoms with Gasteiger partial charge in [-0.25, -0.2) is 0 Å². The average molecular weight is 487 g/mol. The lowest BCUT2D eigenvalue weighted by molar-refractivity contribution is 0.129. The third kappa shape index (κ3) is 6.82. The van der Waals surface area contributed by atoms with Gasteiger partial charge in [0.2, 0.25) is 0 Å². The number of hydrogen-bond acceptors (Lipinski definition) is 3. The Morgan fingerprint density at radius 3 is 2.52 bits per heavy atom. The number of ether oxygens (including phenoxy) is 2. The highest BCUT2D eigenvalue weighted by atomic mass is 127. The molecule has 0 spiro atoms. The fourth-order valence-corrected chi connectivity index (χ4v) is 3.53. The molecular weight excluding hydrogens is 453 g/mol. The van der Waals surface area contributed by atoms with Gasteiger partial charge < -0.3 is 19.7 Å². The molecule has 1 aromatic carbocycles. The van der Waals surface area contributed by atoms with Crippen molar-refractivity contribution in [1.29, 1.82) is 0 Å². The van der Waals surface area contributed by atoms with Crippen molar-refractivity contribution in [1.82, 2.24) is 10.2 Å². The van der Waals surface area contributed by atoms with Gasteiger partial charge in [0.15, 0.2) is 5.96 Å². The van der Waals surface area contributed by atoms with Crippen LogP contribution in [0.5, 0.6) is 5.75 Å². The molecule has 1 heterocycles. The molecule has 5 nitrogen and oxygen atoms in total. The van der Waals surface area contributed by atoms with Crippen molar-refractivity contribution in [2.24, 2.45) is 10.4 Å². The molecule has 3 rings (SSSR count). The summed E-state index contributed by atoms with van der Waals surface area (Å²) in [4.78, 5) is 7.36. The molecule has 1 N–H and O–H groups in total. The summed E-state index contributed by atoms with van der Waals surface area (Å²) < 4.78 is 11.4. The van der Waals surface area contributed by atoms with Crippen LogP contribution >= 0.6 is 24.0 Å². The van der Waals surface area contributed by atoms with E-state index < -0.39 is 0 Å². The quantitative estimate of drug-likeness (QED) is 0.343. The molecular formula is C21H34IN3O2. The SMILES string of the molecule is CCNC(=NCC1(CCOC)CC1)N1CCC(Oc2ccccc2)CC1.I. The summed E-state index contributed by atoms with van der Waals surface area (Å²) in [7, 11) is 1.78. The highest BCUT2D eigenvalue weighted by Gasteiger charge is 2.42. The van der Waals surface area contributed by atoms with E-state index in [9.17, 15) is 0 Å². The normalized spacial score (nSPS) is 19.3. The van der Waals surface area contributed by atoms with E-state index in [1.165, 1.54) is 12.8 Å². The van der Waals surface area contributed by atoms with Crippen molar-refractivity contribution >= 4 is 29.9 Å². The number of aliphatic imine (C=N–C) groups is 1. The second kappa shape index (κ2) is 11.1. The first-order valence-electron chi connectivity index (χ1n) is 9.98. The maximum absolute atomic E-state index is 6.11. The molecule has 2 aliphatic rings. The maximum Gasteiger partial charge on any atom is 0.193 e. The Hall–Kier alpha value is -1.02. The van der Waals surface area contributed by atoms with Gasteiger partial charge >= 0.3 is 0 Å². The highest BCUT2D eigenvalue weighted by Crippen LogP contribution is 2.49. The fraction of sp³-hybridized carbons (Fsp3) is 0.667. The van der Waals surface area contributed by atoms with Gasteiger partial charge in [-0.15, -0.1) is 24.0 Å². The van der Waals surface area contributed by atoms with Crippen LogP contribution in [0, 0.1) is 5.41 Å². The molecule has 0 unspecified atom stereocenters. The Bertz CT molecular complexity index is 570. The van der Waals surface area contributed by atoms with Crippen LogP contribution < -0.4 is 10.1 Å². The predicted octanol–water partition coefficient (Wildman–Crippen LogP) is 3.93. The van der Waals surface area contributed by atoms with Gasteiger partial charge in [-0.05, 0) is 43.7 Å². The topological polar surface area (TPSA) is 46.1 Å². The molecule has 1 saturated heterocycles. The highest BCUT2D eigenvalue weighted by molar-refractivity contribution is 14.0. The number of benzene rings is 1. The van der Waals surface area contributed by atoms with E-state index >= 15 is 0 Å². The van der Waals surface area contributed by atoms with Crippen LogP contribution in [0.15, 0.2) is 35.3 Å². The monoisotopic (exact) mass is 487 g/mol. The van der Waals surface area contributed by atoms with E-state index in [1.807, 2.05) is 30.3 Å². The zero-order valence-electron chi connectivity index (χ0n) is 16.7. The van der Waals surface area contributed by atoms with Crippen molar-refractivity contribution < 1.29 is 9.47 Å². The molecule has 27 heavy (non-hydrogen) atoms. The van der Waals surface area contributed by atoms with Gasteiger partial charge in [-0.3, -0.25) is 4.99 Å². The molecule has 2 fully saturated rings. The lowest BCUT2D eigenvalue weighted by Crippen LogP contribution is -2.47. The van der Waals surface area contributed by atoms with Gasteiger partial charge in [0.25, 0.3) is 0 Å². The first-order chi connectivity index (χ1) is 12.7. The maximum atomic E-state index is 6.11. The molecule has 0 amide bonds. The van der Waals surface area contributed by atoms with Gasteiger partial charge in [-0.1, -0.05) is 18.2 Å². The van der Waals surface area contributed by atoms with Gasteiger partial charge in [0.1, 0.15) is 11.9 Å². The van der Waals surface area contributed by atoms with E-state index in [0.29, 0.717) is 11.5 Å². The first kappa shape index (κ1) is 22.3. The molecule has 0 radical (unpaired) electrons. The van der Waals surface area contributed by atoms with E-state index in [-0.39, 0.29) is 24.0 Å². The van der Waals surface area contributed by atoms with Gasteiger partial charge in [-0.2, -0.15) is 0 Å². The molecule has 0 atom stereocenters. The number of nitrogens with one attached hydrogen (secondary N) is 1. The summed E-state index contributed by atoms with van der Waals surface area (Å²) in [5.74, 6) is 2.04. The van der Waals surface area contributed by atoms with Crippen LogP contribution in [0.4, 0.5) is 0 Å². The Balaban J connectivity index is 0.00000261. The summed E-state index contributed by atoms with van der Waals surface area (Å²) in [5, 5.41) is 3.48.